The molecule has 2 heterocycles. The van der Waals surface area contributed by atoms with E-state index in [0.29, 0.717) is 16.6 Å². The topological polar surface area (TPSA) is 92.2 Å². The van der Waals surface area contributed by atoms with Crippen molar-refractivity contribution >= 4 is 29.0 Å². The number of nitrogens with one attached hydrogen (secondary N) is 2. The molecule has 0 radical (unpaired) electrons. The minimum absolute atomic E-state index is 0.0198. The summed E-state index contributed by atoms with van der Waals surface area (Å²) >= 11 is 1.12. The number of aromatic amines is 1. The standard InChI is InChI=1S/C20H16FN5O2S/c1-12-6-8-13(9-7-12)19-23-16-10-17(27)25-26(16)20(24-19)29-11-18(28)22-15-5-3-2-4-14(15)21/h2-10H,11H2,1H3,(H,22,28)(H,25,27). The molecule has 4 rings (SSSR count). The van der Waals surface area contributed by atoms with Crippen LogP contribution < -0.4 is 10.9 Å². The molecule has 1 amide bonds. The molecule has 0 fully saturated rings. The number of amides is 1. The zero-order valence-electron chi connectivity index (χ0n) is 15.3. The van der Waals surface area contributed by atoms with Gasteiger partial charge in [0.2, 0.25) is 5.91 Å². The number of aromatic nitrogens is 4. The second kappa shape index (κ2) is 7.88. The largest absolute Gasteiger partial charge is 0.323 e. The molecule has 2 aromatic carbocycles. The van der Waals surface area contributed by atoms with Gasteiger partial charge in [-0.2, -0.15) is 0 Å². The summed E-state index contributed by atoms with van der Waals surface area (Å²) in [5.41, 5.74) is 2.09. The number of hydrogen-bond donors (Lipinski definition) is 2. The van der Waals surface area contributed by atoms with E-state index < -0.39 is 11.7 Å². The number of H-pyrrole nitrogens is 1. The van der Waals surface area contributed by atoms with Crippen LogP contribution in [0.4, 0.5) is 10.1 Å². The molecule has 7 nitrogen and oxygen atoms in total. The molecule has 0 aliphatic carbocycles. The van der Waals surface area contributed by atoms with E-state index in [1.807, 2.05) is 31.2 Å². The van der Waals surface area contributed by atoms with Crippen molar-refractivity contribution in [3.05, 3.63) is 76.3 Å². The first-order chi connectivity index (χ1) is 14.0. The first-order valence-electron chi connectivity index (χ1n) is 8.73. The third-order valence-corrected chi connectivity index (χ3v) is 5.05. The first-order valence-corrected chi connectivity index (χ1v) is 9.72. The molecule has 0 bridgehead atoms. The molecule has 2 N–H and O–H groups in total. The van der Waals surface area contributed by atoms with Crippen molar-refractivity contribution in [1.29, 1.82) is 0 Å². The third-order valence-electron chi connectivity index (χ3n) is 4.11. The van der Waals surface area contributed by atoms with Crippen molar-refractivity contribution in [1.82, 2.24) is 19.6 Å². The van der Waals surface area contributed by atoms with Gasteiger partial charge in [0.05, 0.1) is 11.4 Å². The molecule has 0 saturated carbocycles. The highest BCUT2D eigenvalue weighted by atomic mass is 32.2. The molecular formula is C20H16FN5O2S. The van der Waals surface area contributed by atoms with E-state index in [1.165, 1.54) is 22.7 Å². The van der Waals surface area contributed by atoms with E-state index >= 15 is 0 Å². The Labute approximate surface area is 169 Å². The van der Waals surface area contributed by atoms with E-state index in [-0.39, 0.29) is 17.0 Å². The van der Waals surface area contributed by atoms with E-state index in [0.717, 1.165) is 22.9 Å². The number of fused-ring (bicyclic) bond motifs is 1. The molecule has 2 aromatic heterocycles. The number of nitrogens with zero attached hydrogens (tertiary/aromatic N) is 3. The maximum Gasteiger partial charge on any atom is 0.266 e. The lowest BCUT2D eigenvalue weighted by Gasteiger charge is -2.08. The van der Waals surface area contributed by atoms with Crippen molar-refractivity contribution in [3.8, 4) is 11.4 Å². The molecule has 0 aliphatic heterocycles. The molecule has 146 valence electrons. The summed E-state index contributed by atoms with van der Waals surface area (Å²) in [6.07, 6.45) is 0. The monoisotopic (exact) mass is 409 g/mol. The van der Waals surface area contributed by atoms with Crippen molar-refractivity contribution < 1.29 is 9.18 Å². The van der Waals surface area contributed by atoms with Crippen molar-refractivity contribution in [3.63, 3.8) is 0 Å². The van der Waals surface area contributed by atoms with Gasteiger partial charge in [-0.15, -0.1) is 0 Å². The molecular weight excluding hydrogens is 393 g/mol. The summed E-state index contributed by atoms with van der Waals surface area (Å²) in [7, 11) is 0. The normalized spacial score (nSPS) is 11.0. The zero-order valence-corrected chi connectivity index (χ0v) is 16.2. The van der Waals surface area contributed by atoms with Crippen LogP contribution in [0.1, 0.15) is 5.56 Å². The Morgan fingerprint density at radius 1 is 1.17 bits per heavy atom. The van der Waals surface area contributed by atoms with E-state index in [2.05, 4.69) is 20.4 Å². The Morgan fingerprint density at radius 3 is 2.69 bits per heavy atom. The average molecular weight is 409 g/mol. The predicted molar refractivity (Wildman–Crippen MR) is 110 cm³/mol. The number of carbonyl (C=O) groups excluding carboxylic acids is 1. The summed E-state index contributed by atoms with van der Waals surface area (Å²) < 4.78 is 15.1. The van der Waals surface area contributed by atoms with Crippen LogP contribution in [0.5, 0.6) is 0 Å². The minimum atomic E-state index is -0.508. The van der Waals surface area contributed by atoms with Crippen molar-refractivity contribution in [2.75, 3.05) is 11.1 Å². The van der Waals surface area contributed by atoms with Crippen LogP contribution in [0, 0.1) is 12.7 Å². The second-order valence-electron chi connectivity index (χ2n) is 6.33. The van der Waals surface area contributed by atoms with Gasteiger partial charge in [-0.25, -0.2) is 18.9 Å². The van der Waals surface area contributed by atoms with Gasteiger partial charge in [0.15, 0.2) is 16.6 Å². The maximum absolute atomic E-state index is 13.7. The summed E-state index contributed by atoms with van der Waals surface area (Å²) in [6.45, 7) is 1.98. The second-order valence-corrected chi connectivity index (χ2v) is 7.27. The first kappa shape index (κ1) is 18.9. The van der Waals surface area contributed by atoms with Gasteiger partial charge < -0.3 is 5.32 Å². The number of thioether (sulfide) groups is 1. The molecule has 0 saturated heterocycles. The molecule has 0 aliphatic rings. The number of hydrogen-bond acceptors (Lipinski definition) is 5. The smallest absolute Gasteiger partial charge is 0.266 e. The number of anilines is 1. The van der Waals surface area contributed by atoms with Gasteiger partial charge in [0.25, 0.3) is 5.56 Å². The number of carbonyl (C=O) groups is 1. The van der Waals surface area contributed by atoms with Gasteiger partial charge >= 0.3 is 0 Å². The van der Waals surface area contributed by atoms with Gasteiger partial charge in [-0.3, -0.25) is 14.7 Å². The van der Waals surface area contributed by atoms with Crippen LogP contribution in [0.3, 0.4) is 0 Å². The number of para-hydroxylation sites is 1. The molecule has 29 heavy (non-hydrogen) atoms. The van der Waals surface area contributed by atoms with Crippen LogP contribution in [-0.4, -0.2) is 31.2 Å². The van der Waals surface area contributed by atoms with Gasteiger partial charge in [-0.05, 0) is 19.1 Å². The SMILES string of the molecule is Cc1ccc(-c2nc(SCC(=O)Nc3ccccc3F)n3[nH]c(=O)cc3n2)cc1. The van der Waals surface area contributed by atoms with Crippen LogP contribution in [-0.2, 0) is 4.79 Å². The molecule has 9 heteroatoms. The zero-order chi connectivity index (χ0) is 20.4. The van der Waals surface area contributed by atoms with Crippen LogP contribution in [0.2, 0.25) is 0 Å². The van der Waals surface area contributed by atoms with Crippen molar-refractivity contribution in [2.24, 2.45) is 0 Å². The Hall–Kier alpha value is -3.46. The Balaban J connectivity index is 1.60. The fourth-order valence-corrected chi connectivity index (χ4v) is 3.44. The van der Waals surface area contributed by atoms with Gasteiger partial charge in [-0.1, -0.05) is 53.7 Å². The van der Waals surface area contributed by atoms with Gasteiger partial charge in [0.1, 0.15) is 5.82 Å². The lowest BCUT2D eigenvalue weighted by atomic mass is 10.1. The summed E-state index contributed by atoms with van der Waals surface area (Å²) in [6, 6.07) is 15.0. The maximum atomic E-state index is 13.7. The molecule has 0 spiro atoms. The predicted octanol–water partition coefficient (Wildman–Crippen LogP) is 3.26. The summed E-state index contributed by atoms with van der Waals surface area (Å²) in [5.74, 6) is -0.473. The Kier molecular flexibility index (Phi) is 5.13. The molecule has 4 aromatic rings. The molecule has 0 unspecified atom stereocenters. The van der Waals surface area contributed by atoms with E-state index in [4.69, 9.17) is 0 Å². The number of rotatable bonds is 5. The molecule has 0 atom stereocenters. The van der Waals surface area contributed by atoms with E-state index in [9.17, 15) is 14.0 Å². The fourth-order valence-electron chi connectivity index (χ4n) is 2.69. The third kappa shape index (κ3) is 4.19. The summed E-state index contributed by atoms with van der Waals surface area (Å²) in [5, 5.41) is 5.55. The highest BCUT2D eigenvalue weighted by Gasteiger charge is 2.14. The van der Waals surface area contributed by atoms with E-state index in [1.54, 1.807) is 12.1 Å². The quantitative estimate of drug-likeness (QED) is 0.494. The Bertz CT molecular complexity index is 1250. The number of benzene rings is 2. The lowest BCUT2D eigenvalue weighted by Crippen LogP contribution is -2.16. The number of halogens is 1. The van der Waals surface area contributed by atoms with Crippen LogP contribution in [0.15, 0.2) is 64.5 Å². The van der Waals surface area contributed by atoms with Gasteiger partial charge in [0, 0.05) is 11.6 Å². The van der Waals surface area contributed by atoms with Crippen LogP contribution >= 0.6 is 11.8 Å². The van der Waals surface area contributed by atoms with Crippen LogP contribution in [0.25, 0.3) is 17.0 Å². The summed E-state index contributed by atoms with van der Waals surface area (Å²) in [4.78, 5) is 32.9. The minimum Gasteiger partial charge on any atom is -0.323 e. The highest BCUT2D eigenvalue weighted by molar-refractivity contribution is 7.99. The number of aryl methyl sites for hydroxylation is 1. The van der Waals surface area contributed by atoms with Crippen molar-refractivity contribution in [2.45, 2.75) is 12.1 Å². The average Bonchev–Trinajstić information content (AvgIpc) is 3.08. The Morgan fingerprint density at radius 2 is 1.93 bits per heavy atom. The highest BCUT2D eigenvalue weighted by Crippen LogP contribution is 2.22. The lowest BCUT2D eigenvalue weighted by molar-refractivity contribution is -0.113. The fraction of sp³-hybridized carbons (Fsp3) is 0.100.